The number of hydrogen-bond acceptors (Lipinski definition) is 5. The van der Waals surface area contributed by atoms with Crippen LogP contribution in [0.25, 0.3) is 0 Å². The van der Waals surface area contributed by atoms with Crippen LogP contribution in [-0.4, -0.2) is 32.8 Å². The highest BCUT2D eigenvalue weighted by molar-refractivity contribution is 7.91. The summed E-state index contributed by atoms with van der Waals surface area (Å²) in [7, 11) is -3.47. The van der Waals surface area contributed by atoms with Gasteiger partial charge in [0.05, 0.1) is 17.3 Å². The molecule has 3 rings (SSSR count). The molecule has 1 aliphatic rings. The second kappa shape index (κ2) is 8.65. The zero-order valence-electron chi connectivity index (χ0n) is 16.1. The molecule has 0 fully saturated rings. The maximum absolute atomic E-state index is 12.3. The highest BCUT2D eigenvalue weighted by Crippen LogP contribution is 2.35. The molecule has 1 aliphatic heterocycles. The average Bonchev–Trinajstić information content (AvgIpc) is 3.04. The minimum absolute atomic E-state index is 0.0975. The summed E-state index contributed by atoms with van der Waals surface area (Å²) in [6.45, 7) is 4.69. The lowest BCUT2D eigenvalue weighted by atomic mass is 10.1. The predicted molar refractivity (Wildman–Crippen MR) is 106 cm³/mol. The average molecular weight is 404 g/mol. The number of rotatable bonds is 8. The van der Waals surface area contributed by atoms with Gasteiger partial charge < -0.3 is 14.8 Å². The van der Waals surface area contributed by atoms with Gasteiger partial charge in [0, 0.05) is 30.5 Å². The van der Waals surface area contributed by atoms with E-state index in [-0.39, 0.29) is 35.6 Å². The highest BCUT2D eigenvalue weighted by Gasteiger charge is 2.22. The Balaban J connectivity index is 1.61. The van der Waals surface area contributed by atoms with Crippen molar-refractivity contribution in [2.45, 2.75) is 44.2 Å². The number of sulfone groups is 1. The summed E-state index contributed by atoms with van der Waals surface area (Å²) in [5.74, 6) is 0.978. The van der Waals surface area contributed by atoms with Crippen LogP contribution in [-0.2, 0) is 27.6 Å². The summed E-state index contributed by atoms with van der Waals surface area (Å²) in [4.78, 5) is 12.4. The molecule has 1 atom stereocenters. The minimum atomic E-state index is -3.47. The number of amides is 1. The summed E-state index contributed by atoms with van der Waals surface area (Å²) in [6, 6.07) is 12.0. The number of carbonyl (C=O) groups is 1. The van der Waals surface area contributed by atoms with Crippen molar-refractivity contribution >= 4 is 15.7 Å². The van der Waals surface area contributed by atoms with Crippen LogP contribution in [0.1, 0.15) is 31.4 Å². The monoisotopic (exact) mass is 403 g/mol. The Morgan fingerprint density at radius 1 is 1.25 bits per heavy atom. The molecule has 1 amide bonds. The molecule has 7 heteroatoms. The van der Waals surface area contributed by atoms with E-state index in [1.54, 1.807) is 18.2 Å². The summed E-state index contributed by atoms with van der Waals surface area (Å²) < 4.78 is 36.1. The van der Waals surface area contributed by atoms with E-state index < -0.39 is 9.84 Å². The van der Waals surface area contributed by atoms with E-state index in [2.05, 4.69) is 5.32 Å². The van der Waals surface area contributed by atoms with Crippen LogP contribution in [0.5, 0.6) is 11.5 Å². The van der Waals surface area contributed by atoms with Crippen molar-refractivity contribution in [3.8, 4) is 11.5 Å². The molecule has 0 saturated carbocycles. The molecule has 2 aromatic rings. The van der Waals surface area contributed by atoms with Gasteiger partial charge in [0.25, 0.3) is 0 Å². The van der Waals surface area contributed by atoms with Crippen molar-refractivity contribution < 1.29 is 22.7 Å². The van der Waals surface area contributed by atoms with E-state index in [0.29, 0.717) is 6.61 Å². The number of nitrogens with one attached hydrogen (secondary N) is 1. The molecular weight excluding hydrogens is 378 g/mol. The predicted octanol–water partition coefficient (Wildman–Crippen LogP) is 2.89. The highest BCUT2D eigenvalue weighted by atomic mass is 32.2. The van der Waals surface area contributed by atoms with E-state index >= 15 is 0 Å². The topological polar surface area (TPSA) is 81.7 Å². The van der Waals surface area contributed by atoms with Gasteiger partial charge in [0.1, 0.15) is 17.6 Å². The Morgan fingerprint density at radius 3 is 2.71 bits per heavy atom. The van der Waals surface area contributed by atoms with E-state index in [4.69, 9.17) is 9.47 Å². The van der Waals surface area contributed by atoms with Crippen molar-refractivity contribution in [3.63, 3.8) is 0 Å². The van der Waals surface area contributed by atoms with Crippen LogP contribution in [0.3, 0.4) is 0 Å². The minimum Gasteiger partial charge on any atom is -0.494 e. The number of benzene rings is 2. The number of fused-ring (bicyclic) bond motifs is 1. The van der Waals surface area contributed by atoms with E-state index in [0.717, 1.165) is 29.0 Å². The molecule has 0 bridgehead atoms. The third-order valence-electron chi connectivity index (χ3n) is 4.56. The van der Waals surface area contributed by atoms with Gasteiger partial charge >= 0.3 is 0 Å². The van der Waals surface area contributed by atoms with Crippen molar-refractivity contribution in [3.05, 3.63) is 53.6 Å². The van der Waals surface area contributed by atoms with Crippen LogP contribution in [0, 0.1) is 0 Å². The van der Waals surface area contributed by atoms with E-state index in [9.17, 15) is 13.2 Å². The molecule has 28 heavy (non-hydrogen) atoms. The zero-order chi connectivity index (χ0) is 20.1. The van der Waals surface area contributed by atoms with Gasteiger partial charge in [-0.15, -0.1) is 0 Å². The molecule has 0 saturated heterocycles. The fourth-order valence-corrected chi connectivity index (χ4v) is 4.43. The van der Waals surface area contributed by atoms with E-state index in [1.165, 1.54) is 12.1 Å². The summed E-state index contributed by atoms with van der Waals surface area (Å²) >= 11 is 0. The van der Waals surface area contributed by atoms with Gasteiger partial charge in [0.15, 0.2) is 9.84 Å². The summed E-state index contributed by atoms with van der Waals surface area (Å²) in [5.41, 5.74) is 1.91. The standard InChI is InChI=1S/C21H25NO5S/c1-3-26-19-12-16-11-15(2)27-20(16)13-17(19)14-22-21(23)9-10-28(24,25)18-7-5-4-6-8-18/h4-8,12-13,15H,3,9-11,14H2,1-2H3,(H,22,23)/t15-/m1/s1. The van der Waals surface area contributed by atoms with Gasteiger partial charge in [-0.3, -0.25) is 4.79 Å². The second-order valence-corrected chi connectivity index (χ2v) is 8.90. The van der Waals surface area contributed by atoms with Crippen LogP contribution >= 0.6 is 0 Å². The molecule has 1 heterocycles. The SMILES string of the molecule is CCOc1cc2c(cc1CNC(=O)CCS(=O)(=O)c1ccccc1)O[C@H](C)C2. The first-order valence-corrected chi connectivity index (χ1v) is 11.0. The second-order valence-electron chi connectivity index (χ2n) is 6.79. The third-order valence-corrected chi connectivity index (χ3v) is 6.29. The van der Waals surface area contributed by atoms with Crippen molar-refractivity contribution in [1.82, 2.24) is 5.32 Å². The molecule has 2 aromatic carbocycles. The molecule has 0 spiro atoms. The fraction of sp³-hybridized carbons (Fsp3) is 0.381. The molecule has 1 N–H and O–H groups in total. The van der Waals surface area contributed by atoms with Crippen LogP contribution in [0.4, 0.5) is 0 Å². The molecule has 150 valence electrons. The molecule has 0 aromatic heterocycles. The number of carbonyl (C=O) groups excluding carboxylic acids is 1. The lowest BCUT2D eigenvalue weighted by molar-refractivity contribution is -0.120. The first-order chi connectivity index (χ1) is 13.4. The normalized spacial score (nSPS) is 15.6. The van der Waals surface area contributed by atoms with Crippen molar-refractivity contribution in [1.29, 1.82) is 0 Å². The fourth-order valence-electron chi connectivity index (χ4n) is 3.16. The molecule has 0 unspecified atom stereocenters. The molecule has 0 radical (unpaired) electrons. The third kappa shape index (κ3) is 4.84. The van der Waals surface area contributed by atoms with Crippen molar-refractivity contribution in [2.24, 2.45) is 0 Å². The van der Waals surface area contributed by atoms with Crippen LogP contribution in [0.2, 0.25) is 0 Å². The summed E-state index contributed by atoms with van der Waals surface area (Å²) in [6.07, 6.45) is 0.858. The Hall–Kier alpha value is -2.54. The molecular formula is C21H25NO5S. The lowest BCUT2D eigenvalue weighted by Gasteiger charge is -2.13. The Morgan fingerprint density at radius 2 is 2.00 bits per heavy atom. The number of ether oxygens (including phenoxy) is 2. The first-order valence-electron chi connectivity index (χ1n) is 9.39. The largest absolute Gasteiger partial charge is 0.494 e. The smallest absolute Gasteiger partial charge is 0.221 e. The Kier molecular flexibility index (Phi) is 6.24. The van der Waals surface area contributed by atoms with Gasteiger partial charge in [-0.25, -0.2) is 8.42 Å². The maximum Gasteiger partial charge on any atom is 0.221 e. The number of hydrogen-bond donors (Lipinski definition) is 1. The van der Waals surface area contributed by atoms with Crippen molar-refractivity contribution in [2.75, 3.05) is 12.4 Å². The van der Waals surface area contributed by atoms with Gasteiger partial charge in [-0.2, -0.15) is 0 Å². The van der Waals surface area contributed by atoms with E-state index in [1.807, 2.05) is 26.0 Å². The first kappa shape index (κ1) is 20.2. The van der Waals surface area contributed by atoms with Crippen LogP contribution in [0.15, 0.2) is 47.4 Å². The lowest BCUT2D eigenvalue weighted by Crippen LogP contribution is -2.25. The molecule has 6 nitrogen and oxygen atoms in total. The van der Waals surface area contributed by atoms with Gasteiger partial charge in [0.2, 0.25) is 5.91 Å². The zero-order valence-corrected chi connectivity index (χ0v) is 16.9. The summed E-state index contributed by atoms with van der Waals surface area (Å²) in [5, 5.41) is 2.79. The Bertz CT molecular complexity index is 941. The van der Waals surface area contributed by atoms with Gasteiger partial charge in [-0.1, -0.05) is 18.2 Å². The quantitative estimate of drug-likeness (QED) is 0.733. The van der Waals surface area contributed by atoms with Crippen LogP contribution < -0.4 is 14.8 Å². The Labute approximate surface area is 165 Å². The maximum atomic E-state index is 12.3. The van der Waals surface area contributed by atoms with Gasteiger partial charge in [-0.05, 0) is 38.1 Å². The molecule has 0 aliphatic carbocycles.